The summed E-state index contributed by atoms with van der Waals surface area (Å²) in [4.78, 5) is 31.1. The minimum absolute atomic E-state index is 0.0914. The Balaban J connectivity index is 1.34. The maximum atomic E-state index is 14.1. The molecule has 1 amide bonds. The van der Waals surface area contributed by atoms with E-state index in [0.29, 0.717) is 34.1 Å². The molecule has 0 radical (unpaired) electrons. The molecule has 3 heterocycles. The number of hydrogen-bond acceptors (Lipinski definition) is 7. The van der Waals surface area contributed by atoms with E-state index in [0.717, 1.165) is 30.2 Å². The van der Waals surface area contributed by atoms with Crippen LogP contribution in [0.25, 0.3) is 17.1 Å². The summed E-state index contributed by atoms with van der Waals surface area (Å²) in [7, 11) is 0. The van der Waals surface area contributed by atoms with Gasteiger partial charge in [0.05, 0.1) is 23.5 Å². The minimum atomic E-state index is -4.91. The second-order valence-corrected chi connectivity index (χ2v) is 12.7. The third kappa shape index (κ3) is 8.10. The summed E-state index contributed by atoms with van der Waals surface area (Å²) in [5.41, 5.74) is 0.155. The second kappa shape index (κ2) is 14.3. The fraction of sp³-hybridized carbons (Fsp3) is 0.371. The molecule has 48 heavy (non-hydrogen) atoms. The van der Waals surface area contributed by atoms with Crippen molar-refractivity contribution in [2.75, 3.05) is 19.7 Å². The van der Waals surface area contributed by atoms with Crippen LogP contribution < -0.4 is 4.74 Å². The maximum absolute atomic E-state index is 14.1. The van der Waals surface area contributed by atoms with Gasteiger partial charge in [0, 0.05) is 24.6 Å². The summed E-state index contributed by atoms with van der Waals surface area (Å²) in [6, 6.07) is 17.5. The van der Waals surface area contributed by atoms with E-state index in [1.165, 1.54) is 19.1 Å². The summed E-state index contributed by atoms with van der Waals surface area (Å²) in [5.74, 6) is -0.815. The summed E-state index contributed by atoms with van der Waals surface area (Å²) in [6.45, 7) is 8.36. The molecule has 5 rings (SSSR count). The van der Waals surface area contributed by atoms with Crippen molar-refractivity contribution in [1.82, 2.24) is 19.7 Å². The number of alkyl halides is 3. The van der Waals surface area contributed by atoms with Gasteiger partial charge in [-0.15, -0.1) is 0 Å². The largest absolute Gasteiger partial charge is 0.487 e. The first kappa shape index (κ1) is 34.7. The molecule has 4 aromatic rings. The Labute approximate surface area is 281 Å². The molecule has 1 saturated heterocycles. The van der Waals surface area contributed by atoms with E-state index in [1.54, 1.807) is 29.2 Å². The summed E-state index contributed by atoms with van der Waals surface area (Å²) in [5, 5.41) is 4.12. The van der Waals surface area contributed by atoms with Crippen molar-refractivity contribution >= 4 is 23.7 Å². The standard InChI is InChI=1S/C35H36ClF3N4O5/c1-5-46-32(44)26-19-40-43(31(26)35(37,38)39)29-13-7-12-28(41-29)25-10-6-11-27(36)30(25)47-21-22-14-16-23(17-15-22)24-9-8-18-42(20-24)33(45)48-34(2,3)4/h6-7,10-17,19,24H,5,8-9,18,20-21H2,1-4H3/t24-/m0/s1. The Morgan fingerprint density at radius 2 is 1.75 bits per heavy atom. The number of carbonyl (C=O) groups is 2. The maximum Gasteiger partial charge on any atom is 0.434 e. The molecule has 1 aliphatic heterocycles. The molecular weight excluding hydrogens is 649 g/mol. The Morgan fingerprint density at radius 3 is 2.44 bits per heavy atom. The number of carbonyl (C=O) groups excluding carboxylic acids is 2. The van der Waals surface area contributed by atoms with Gasteiger partial charge in [-0.1, -0.05) is 48.0 Å². The van der Waals surface area contributed by atoms with Gasteiger partial charge in [-0.3, -0.25) is 0 Å². The van der Waals surface area contributed by atoms with Crippen LogP contribution in [0.4, 0.5) is 18.0 Å². The van der Waals surface area contributed by atoms with E-state index < -0.39 is 29.0 Å². The van der Waals surface area contributed by atoms with Crippen LogP contribution in [0.15, 0.2) is 66.9 Å². The number of para-hydroxylation sites is 1. The van der Waals surface area contributed by atoms with Crippen molar-refractivity contribution in [3.05, 3.63) is 94.3 Å². The van der Waals surface area contributed by atoms with Crippen molar-refractivity contribution in [2.24, 2.45) is 0 Å². The lowest BCUT2D eigenvalue weighted by molar-refractivity contribution is -0.143. The average molecular weight is 685 g/mol. The van der Waals surface area contributed by atoms with Gasteiger partial charge in [-0.2, -0.15) is 18.3 Å². The molecule has 1 atom stereocenters. The lowest BCUT2D eigenvalue weighted by Gasteiger charge is -2.34. The number of hydrogen-bond donors (Lipinski definition) is 0. The second-order valence-electron chi connectivity index (χ2n) is 12.3. The van der Waals surface area contributed by atoms with Crippen LogP contribution >= 0.6 is 11.6 Å². The average Bonchev–Trinajstić information content (AvgIpc) is 3.51. The molecule has 0 saturated carbocycles. The van der Waals surface area contributed by atoms with Crippen LogP contribution in [0.3, 0.4) is 0 Å². The molecular formula is C35H36ClF3N4O5. The number of aromatic nitrogens is 3. The number of benzene rings is 2. The van der Waals surface area contributed by atoms with Crippen molar-refractivity contribution in [3.63, 3.8) is 0 Å². The quantitative estimate of drug-likeness (QED) is 0.172. The number of nitrogens with zero attached hydrogens (tertiary/aromatic N) is 4. The lowest BCUT2D eigenvalue weighted by Crippen LogP contribution is -2.42. The molecule has 0 N–H and O–H groups in total. The molecule has 0 aliphatic carbocycles. The van der Waals surface area contributed by atoms with Crippen LogP contribution in [0.1, 0.15) is 73.6 Å². The Hall–Kier alpha value is -4.58. The number of amides is 1. The molecule has 1 aliphatic rings. The number of piperidine rings is 1. The van der Waals surface area contributed by atoms with Gasteiger partial charge in [-0.05, 0) is 75.9 Å². The first-order valence-corrected chi connectivity index (χ1v) is 15.9. The lowest BCUT2D eigenvalue weighted by atomic mass is 9.90. The van der Waals surface area contributed by atoms with Crippen molar-refractivity contribution in [1.29, 1.82) is 0 Å². The van der Waals surface area contributed by atoms with Crippen molar-refractivity contribution in [2.45, 2.75) is 64.8 Å². The Morgan fingerprint density at radius 1 is 1.02 bits per heavy atom. The molecule has 2 aromatic carbocycles. The molecule has 0 unspecified atom stereocenters. The number of ether oxygens (including phenoxy) is 3. The fourth-order valence-corrected chi connectivity index (χ4v) is 5.71. The monoisotopic (exact) mass is 684 g/mol. The minimum Gasteiger partial charge on any atom is -0.487 e. The van der Waals surface area contributed by atoms with E-state index in [-0.39, 0.29) is 36.7 Å². The number of pyridine rings is 1. The van der Waals surface area contributed by atoms with Gasteiger partial charge in [0.15, 0.2) is 11.5 Å². The summed E-state index contributed by atoms with van der Waals surface area (Å²) in [6.07, 6.45) is -2.56. The molecule has 13 heteroatoms. The molecule has 0 spiro atoms. The summed E-state index contributed by atoms with van der Waals surface area (Å²) < 4.78 is 59.4. The fourth-order valence-electron chi connectivity index (χ4n) is 5.48. The molecule has 0 bridgehead atoms. The zero-order valence-electron chi connectivity index (χ0n) is 27.0. The predicted octanol–water partition coefficient (Wildman–Crippen LogP) is 8.48. The van der Waals surface area contributed by atoms with Gasteiger partial charge < -0.3 is 19.1 Å². The molecule has 1 fully saturated rings. The first-order valence-electron chi connectivity index (χ1n) is 15.5. The number of esters is 1. The highest BCUT2D eigenvalue weighted by molar-refractivity contribution is 6.32. The van der Waals surface area contributed by atoms with Crippen molar-refractivity contribution < 1.29 is 37.0 Å². The van der Waals surface area contributed by atoms with Crippen LogP contribution in [0, 0.1) is 0 Å². The number of likely N-dealkylation sites (tertiary alicyclic amines) is 1. The smallest absolute Gasteiger partial charge is 0.434 e. The molecule has 9 nitrogen and oxygen atoms in total. The first-order chi connectivity index (χ1) is 22.7. The van der Waals surface area contributed by atoms with E-state index in [4.69, 9.17) is 25.8 Å². The van der Waals surface area contributed by atoms with Crippen LogP contribution in [-0.2, 0) is 22.3 Å². The van der Waals surface area contributed by atoms with Gasteiger partial charge in [0.1, 0.15) is 23.5 Å². The highest BCUT2D eigenvalue weighted by atomic mass is 35.5. The Kier molecular flexibility index (Phi) is 10.3. The third-order valence-electron chi connectivity index (χ3n) is 7.63. The van der Waals surface area contributed by atoms with E-state index >= 15 is 0 Å². The molecule has 254 valence electrons. The van der Waals surface area contributed by atoms with E-state index in [1.807, 2.05) is 45.0 Å². The SMILES string of the molecule is CCOC(=O)c1cnn(-c2cccc(-c3cccc(Cl)c3OCc3ccc([C@H]4CCCN(C(=O)OC(C)(C)C)C4)cc3)n2)c1C(F)(F)F. The zero-order chi connectivity index (χ0) is 34.6. The van der Waals surface area contributed by atoms with Gasteiger partial charge in [0.25, 0.3) is 0 Å². The van der Waals surface area contributed by atoms with Crippen LogP contribution in [-0.4, -0.2) is 57.0 Å². The normalized spacial score (nSPS) is 15.2. The van der Waals surface area contributed by atoms with Crippen molar-refractivity contribution in [3.8, 4) is 22.8 Å². The van der Waals surface area contributed by atoms with Gasteiger partial charge >= 0.3 is 18.2 Å². The topological polar surface area (TPSA) is 95.8 Å². The number of halogens is 4. The highest BCUT2D eigenvalue weighted by Gasteiger charge is 2.41. The molecule has 2 aromatic heterocycles. The zero-order valence-corrected chi connectivity index (χ0v) is 27.8. The highest BCUT2D eigenvalue weighted by Crippen LogP contribution is 2.38. The van der Waals surface area contributed by atoms with Gasteiger partial charge in [-0.25, -0.2) is 19.3 Å². The summed E-state index contributed by atoms with van der Waals surface area (Å²) >= 11 is 6.55. The number of rotatable bonds is 8. The van der Waals surface area contributed by atoms with Crippen LogP contribution in [0.2, 0.25) is 5.02 Å². The predicted molar refractivity (Wildman–Crippen MR) is 173 cm³/mol. The third-order valence-corrected chi connectivity index (χ3v) is 7.93. The van der Waals surface area contributed by atoms with Gasteiger partial charge in [0.2, 0.25) is 0 Å². The van der Waals surface area contributed by atoms with E-state index in [2.05, 4.69) is 10.1 Å². The van der Waals surface area contributed by atoms with Crippen LogP contribution in [0.5, 0.6) is 5.75 Å². The van der Waals surface area contributed by atoms with E-state index in [9.17, 15) is 22.8 Å². The Bertz CT molecular complexity index is 1770.